The first-order valence-electron chi connectivity index (χ1n) is 9.88. The minimum atomic E-state index is -0.130. The molecule has 0 unspecified atom stereocenters. The van der Waals surface area contributed by atoms with Crippen LogP contribution in [0, 0.1) is 0 Å². The minimum absolute atomic E-state index is 0.130. The molecule has 0 radical (unpaired) electrons. The van der Waals surface area contributed by atoms with Crippen molar-refractivity contribution in [3.8, 4) is 16.8 Å². The molecule has 0 aliphatic carbocycles. The van der Waals surface area contributed by atoms with Crippen molar-refractivity contribution in [1.82, 2.24) is 14.0 Å². The SMILES string of the molecule is O=c1c2nc3ccccc3n2c2ccccc2n1-c1cccc(-c2ccccc2)c1. The summed E-state index contributed by atoms with van der Waals surface area (Å²) < 4.78 is 3.73. The molecule has 0 aliphatic rings. The van der Waals surface area contributed by atoms with Crippen molar-refractivity contribution >= 4 is 27.7 Å². The van der Waals surface area contributed by atoms with Gasteiger partial charge in [-0.2, -0.15) is 0 Å². The summed E-state index contributed by atoms with van der Waals surface area (Å²) in [5.41, 5.74) is 6.86. The second-order valence-electron chi connectivity index (χ2n) is 7.31. The smallest absolute Gasteiger partial charge is 0.286 e. The quantitative estimate of drug-likeness (QED) is 0.396. The first-order valence-corrected chi connectivity index (χ1v) is 9.88. The highest BCUT2D eigenvalue weighted by molar-refractivity contribution is 5.89. The van der Waals surface area contributed by atoms with Crippen molar-refractivity contribution in [2.24, 2.45) is 0 Å². The molecule has 0 saturated carbocycles. The van der Waals surface area contributed by atoms with Crippen molar-refractivity contribution in [2.75, 3.05) is 0 Å². The van der Waals surface area contributed by atoms with Crippen LogP contribution in [0.5, 0.6) is 0 Å². The number of hydrogen-bond acceptors (Lipinski definition) is 2. The maximum atomic E-state index is 13.6. The Labute approximate surface area is 172 Å². The average molecular weight is 387 g/mol. The molecular formula is C26H17N3O. The monoisotopic (exact) mass is 387 g/mol. The number of aromatic nitrogens is 3. The van der Waals surface area contributed by atoms with Gasteiger partial charge in [-0.3, -0.25) is 13.8 Å². The lowest BCUT2D eigenvalue weighted by Gasteiger charge is -2.13. The number of benzene rings is 4. The molecule has 30 heavy (non-hydrogen) atoms. The summed E-state index contributed by atoms with van der Waals surface area (Å²) in [5, 5.41) is 0. The molecule has 6 aromatic rings. The molecule has 0 spiro atoms. The predicted octanol–water partition coefficient (Wildman–Crippen LogP) is 5.46. The summed E-state index contributed by atoms with van der Waals surface area (Å²) in [6.07, 6.45) is 0. The minimum Gasteiger partial charge on any atom is -0.286 e. The van der Waals surface area contributed by atoms with E-state index >= 15 is 0 Å². The largest absolute Gasteiger partial charge is 0.299 e. The first-order chi connectivity index (χ1) is 14.8. The van der Waals surface area contributed by atoms with Gasteiger partial charge in [-0.1, -0.05) is 66.7 Å². The predicted molar refractivity (Wildman–Crippen MR) is 121 cm³/mol. The number of rotatable bonds is 2. The zero-order valence-electron chi connectivity index (χ0n) is 16.1. The van der Waals surface area contributed by atoms with Gasteiger partial charge in [-0.05, 0) is 47.5 Å². The van der Waals surface area contributed by atoms with Crippen molar-refractivity contribution in [3.63, 3.8) is 0 Å². The van der Waals surface area contributed by atoms with E-state index in [9.17, 15) is 4.79 Å². The number of para-hydroxylation sites is 4. The van der Waals surface area contributed by atoms with Crippen LogP contribution in [0.4, 0.5) is 0 Å². The second kappa shape index (κ2) is 6.42. The summed E-state index contributed by atoms with van der Waals surface area (Å²) >= 11 is 0. The molecule has 6 rings (SSSR count). The van der Waals surface area contributed by atoms with Gasteiger partial charge in [0.15, 0.2) is 0 Å². The fraction of sp³-hybridized carbons (Fsp3) is 0. The third kappa shape index (κ3) is 2.40. The van der Waals surface area contributed by atoms with Gasteiger partial charge in [0.1, 0.15) is 0 Å². The van der Waals surface area contributed by atoms with Gasteiger partial charge in [0, 0.05) is 0 Å². The van der Waals surface area contributed by atoms with Crippen LogP contribution in [0.1, 0.15) is 0 Å². The van der Waals surface area contributed by atoms with Crippen molar-refractivity contribution in [1.29, 1.82) is 0 Å². The summed E-state index contributed by atoms with van der Waals surface area (Å²) in [5.74, 6) is 0. The fourth-order valence-corrected chi connectivity index (χ4v) is 4.18. The number of nitrogens with zero attached hydrogens (tertiary/aromatic N) is 3. The maximum absolute atomic E-state index is 13.6. The molecule has 4 aromatic carbocycles. The van der Waals surface area contributed by atoms with Crippen LogP contribution >= 0.6 is 0 Å². The Balaban J connectivity index is 1.73. The molecule has 4 nitrogen and oxygen atoms in total. The topological polar surface area (TPSA) is 39.3 Å². The van der Waals surface area contributed by atoms with Crippen LogP contribution in [-0.2, 0) is 0 Å². The van der Waals surface area contributed by atoms with E-state index in [1.165, 1.54) is 0 Å². The molecule has 0 saturated heterocycles. The van der Waals surface area contributed by atoms with E-state index in [4.69, 9.17) is 0 Å². The number of hydrogen-bond donors (Lipinski definition) is 0. The Morgan fingerprint density at radius 2 is 1.27 bits per heavy atom. The third-order valence-corrected chi connectivity index (χ3v) is 5.53. The molecule has 0 bridgehead atoms. The molecule has 0 fully saturated rings. The summed E-state index contributed by atoms with van der Waals surface area (Å²) in [6.45, 7) is 0. The van der Waals surface area contributed by atoms with E-state index in [0.717, 1.165) is 38.9 Å². The van der Waals surface area contributed by atoms with Gasteiger partial charge in [0.05, 0.1) is 27.8 Å². The Kier molecular flexibility index (Phi) is 3.59. The highest BCUT2D eigenvalue weighted by atomic mass is 16.1. The van der Waals surface area contributed by atoms with Gasteiger partial charge in [0.25, 0.3) is 5.56 Å². The average Bonchev–Trinajstić information content (AvgIpc) is 3.20. The Morgan fingerprint density at radius 1 is 0.600 bits per heavy atom. The molecule has 0 amide bonds. The van der Waals surface area contributed by atoms with Crippen molar-refractivity contribution < 1.29 is 0 Å². The molecule has 0 N–H and O–H groups in total. The van der Waals surface area contributed by atoms with Crippen LogP contribution < -0.4 is 5.56 Å². The lowest BCUT2D eigenvalue weighted by molar-refractivity contribution is 1.02. The molecule has 4 heteroatoms. The third-order valence-electron chi connectivity index (χ3n) is 5.53. The van der Waals surface area contributed by atoms with Gasteiger partial charge >= 0.3 is 0 Å². The van der Waals surface area contributed by atoms with Gasteiger partial charge in [0.2, 0.25) is 5.65 Å². The number of fused-ring (bicyclic) bond motifs is 5. The highest BCUT2D eigenvalue weighted by Crippen LogP contribution is 2.26. The lowest BCUT2D eigenvalue weighted by Crippen LogP contribution is -2.21. The van der Waals surface area contributed by atoms with Crippen molar-refractivity contribution in [3.05, 3.63) is 113 Å². The maximum Gasteiger partial charge on any atom is 0.299 e. The molecule has 2 aromatic heterocycles. The number of imidazole rings is 1. The normalized spacial score (nSPS) is 11.5. The van der Waals surface area contributed by atoms with E-state index < -0.39 is 0 Å². The zero-order valence-corrected chi connectivity index (χ0v) is 16.1. The van der Waals surface area contributed by atoms with E-state index in [-0.39, 0.29) is 5.56 Å². The highest BCUT2D eigenvalue weighted by Gasteiger charge is 2.16. The van der Waals surface area contributed by atoms with E-state index in [1.807, 2.05) is 83.3 Å². The molecular weight excluding hydrogens is 370 g/mol. The molecule has 0 aliphatic heterocycles. The summed E-state index contributed by atoms with van der Waals surface area (Å²) in [4.78, 5) is 18.3. The second-order valence-corrected chi connectivity index (χ2v) is 7.31. The Hall–Kier alpha value is -4.18. The molecule has 2 heterocycles. The molecule has 142 valence electrons. The fourth-order valence-electron chi connectivity index (χ4n) is 4.18. The van der Waals surface area contributed by atoms with Crippen molar-refractivity contribution in [2.45, 2.75) is 0 Å². The zero-order chi connectivity index (χ0) is 20.1. The van der Waals surface area contributed by atoms with Crippen LogP contribution in [0.2, 0.25) is 0 Å². The first kappa shape index (κ1) is 16.7. The van der Waals surface area contributed by atoms with E-state index in [1.54, 1.807) is 4.57 Å². The standard InChI is InChI=1S/C26H17N3O/c30-26-25-27-21-13-4-5-14-22(21)29(25)24-16-7-6-15-23(24)28(26)20-12-8-11-19(17-20)18-9-2-1-3-10-18/h1-17H. The van der Waals surface area contributed by atoms with Gasteiger partial charge in [-0.15, -0.1) is 0 Å². The molecule has 0 atom stereocenters. The van der Waals surface area contributed by atoms with Crippen LogP contribution in [0.25, 0.3) is 44.5 Å². The van der Waals surface area contributed by atoms with E-state index in [0.29, 0.717) is 5.65 Å². The van der Waals surface area contributed by atoms with Crippen LogP contribution in [-0.4, -0.2) is 14.0 Å². The van der Waals surface area contributed by atoms with Gasteiger partial charge in [-0.25, -0.2) is 4.98 Å². The Morgan fingerprint density at radius 3 is 2.10 bits per heavy atom. The van der Waals surface area contributed by atoms with E-state index in [2.05, 4.69) is 29.2 Å². The summed E-state index contributed by atoms with van der Waals surface area (Å²) in [6, 6.07) is 34.1. The lowest BCUT2D eigenvalue weighted by atomic mass is 10.1. The van der Waals surface area contributed by atoms with Crippen LogP contribution in [0.15, 0.2) is 108 Å². The summed E-state index contributed by atoms with van der Waals surface area (Å²) in [7, 11) is 0. The van der Waals surface area contributed by atoms with Gasteiger partial charge < -0.3 is 0 Å². The Bertz CT molecular complexity index is 1610. The van der Waals surface area contributed by atoms with Crippen LogP contribution in [0.3, 0.4) is 0 Å².